The van der Waals surface area contributed by atoms with Gasteiger partial charge in [-0.1, -0.05) is 18.2 Å². The number of benzene rings is 3. The fourth-order valence-corrected chi connectivity index (χ4v) is 5.39. The van der Waals surface area contributed by atoms with Crippen molar-refractivity contribution in [2.24, 2.45) is 0 Å². The van der Waals surface area contributed by atoms with Crippen molar-refractivity contribution in [1.82, 2.24) is 20.2 Å². The van der Waals surface area contributed by atoms with Crippen LogP contribution in [0.2, 0.25) is 0 Å². The first-order chi connectivity index (χ1) is 20.0. The van der Waals surface area contributed by atoms with Gasteiger partial charge in [0.25, 0.3) is 0 Å². The first-order valence-electron chi connectivity index (χ1n) is 13.5. The minimum absolute atomic E-state index is 0.0105. The van der Waals surface area contributed by atoms with Crippen molar-refractivity contribution in [3.8, 4) is 11.5 Å². The fraction of sp³-hybridized carbons (Fsp3) is 0.300. The molecule has 41 heavy (non-hydrogen) atoms. The summed E-state index contributed by atoms with van der Waals surface area (Å²) in [5.41, 5.74) is 3.03. The van der Waals surface area contributed by atoms with Crippen LogP contribution in [0, 0.1) is 0 Å². The van der Waals surface area contributed by atoms with Gasteiger partial charge in [-0.3, -0.25) is 9.69 Å². The topological polar surface area (TPSA) is 113 Å². The van der Waals surface area contributed by atoms with E-state index in [1.54, 1.807) is 14.2 Å². The van der Waals surface area contributed by atoms with Crippen LogP contribution in [0.15, 0.2) is 71.6 Å². The number of carbonyl (C=O) groups is 1. The van der Waals surface area contributed by atoms with Crippen molar-refractivity contribution in [2.45, 2.75) is 23.8 Å². The Labute approximate surface area is 244 Å². The number of anilines is 4. The number of amides is 1. The van der Waals surface area contributed by atoms with Gasteiger partial charge in [-0.05, 0) is 62.2 Å². The molecule has 3 aromatic carbocycles. The molecule has 2 heterocycles. The number of nitrogens with one attached hydrogen (secondary N) is 4. The summed E-state index contributed by atoms with van der Waals surface area (Å²) in [6.07, 6.45) is 2.11. The third kappa shape index (κ3) is 7.57. The van der Waals surface area contributed by atoms with Gasteiger partial charge in [0, 0.05) is 53.6 Å². The molecule has 0 atom stereocenters. The molecule has 0 unspecified atom stereocenters. The van der Waals surface area contributed by atoms with Gasteiger partial charge in [0.2, 0.25) is 5.91 Å². The lowest BCUT2D eigenvalue weighted by Crippen LogP contribution is -2.44. The van der Waals surface area contributed by atoms with E-state index in [1.807, 2.05) is 73.8 Å². The van der Waals surface area contributed by atoms with Crippen LogP contribution >= 0.6 is 11.9 Å². The van der Waals surface area contributed by atoms with E-state index in [4.69, 9.17) is 19.4 Å². The minimum Gasteiger partial charge on any atom is -0.497 e. The Morgan fingerprint density at radius 2 is 1.59 bits per heavy atom. The Bertz CT molecular complexity index is 1470. The zero-order valence-electron chi connectivity index (χ0n) is 23.4. The van der Waals surface area contributed by atoms with E-state index in [-0.39, 0.29) is 5.91 Å². The summed E-state index contributed by atoms with van der Waals surface area (Å²) >= 11 is 1.39. The van der Waals surface area contributed by atoms with Crippen molar-refractivity contribution in [1.29, 1.82) is 0 Å². The van der Waals surface area contributed by atoms with E-state index in [0.717, 1.165) is 53.2 Å². The number of ether oxygens (including phenoxy) is 2. The van der Waals surface area contributed by atoms with Crippen molar-refractivity contribution >= 4 is 51.9 Å². The third-order valence-corrected chi connectivity index (χ3v) is 7.72. The lowest BCUT2D eigenvalue weighted by Gasteiger charge is -2.31. The number of rotatable bonds is 11. The number of aromatic nitrogens is 2. The quantitative estimate of drug-likeness (QED) is 0.180. The van der Waals surface area contributed by atoms with Crippen molar-refractivity contribution in [3.05, 3.63) is 66.7 Å². The zero-order valence-corrected chi connectivity index (χ0v) is 24.3. The summed E-state index contributed by atoms with van der Waals surface area (Å²) in [5.74, 6) is 2.42. The number of para-hydroxylation sites is 2. The molecule has 1 fully saturated rings. The summed E-state index contributed by atoms with van der Waals surface area (Å²) in [6.45, 7) is 2.23. The second kappa shape index (κ2) is 13.5. The van der Waals surface area contributed by atoms with Crippen LogP contribution in [0.4, 0.5) is 23.0 Å². The predicted molar refractivity (Wildman–Crippen MR) is 165 cm³/mol. The van der Waals surface area contributed by atoms with E-state index < -0.39 is 0 Å². The van der Waals surface area contributed by atoms with Gasteiger partial charge in [-0.15, -0.1) is 0 Å². The lowest BCUT2D eigenvalue weighted by atomic mass is 10.1. The highest BCUT2D eigenvalue weighted by Crippen LogP contribution is 2.32. The predicted octanol–water partition coefficient (Wildman–Crippen LogP) is 5.13. The molecule has 1 aliphatic rings. The molecular formula is C30H35N7O3S. The number of methoxy groups -OCH3 is 2. The molecule has 5 rings (SSSR count). The van der Waals surface area contributed by atoms with Crippen LogP contribution < -0.4 is 30.1 Å². The molecule has 0 aliphatic carbocycles. The van der Waals surface area contributed by atoms with E-state index in [1.165, 1.54) is 11.9 Å². The Balaban J connectivity index is 1.28. The summed E-state index contributed by atoms with van der Waals surface area (Å²) in [5, 5.41) is 9.72. The van der Waals surface area contributed by atoms with Crippen LogP contribution in [-0.2, 0) is 4.79 Å². The van der Waals surface area contributed by atoms with Gasteiger partial charge >= 0.3 is 0 Å². The van der Waals surface area contributed by atoms with Gasteiger partial charge in [-0.2, -0.15) is 0 Å². The molecule has 1 saturated heterocycles. The number of likely N-dealkylation sites (tertiary alicyclic amines) is 1. The van der Waals surface area contributed by atoms with Gasteiger partial charge in [0.1, 0.15) is 11.5 Å². The summed E-state index contributed by atoms with van der Waals surface area (Å²) < 4.78 is 14.2. The number of piperidine rings is 1. The largest absolute Gasteiger partial charge is 0.497 e. The molecule has 1 aliphatic heterocycles. The molecular weight excluding hydrogens is 538 g/mol. The Hall–Kier alpha value is -4.06. The highest BCUT2D eigenvalue weighted by molar-refractivity contribution is 8.00. The van der Waals surface area contributed by atoms with E-state index in [9.17, 15) is 4.79 Å². The highest BCUT2D eigenvalue weighted by atomic mass is 32.2. The van der Waals surface area contributed by atoms with Crippen LogP contribution in [0.3, 0.4) is 0 Å². The molecule has 1 aromatic heterocycles. The maximum absolute atomic E-state index is 12.7. The standard InChI is InChI=1S/C30H35N7O3S/c1-31-20-11-13-37(14-12-20)19-28(38)32-21-7-6-8-25(17-21)41-36-30-29(34-26-9-4-5-10-27(26)35-30)33-22-15-23(39-2)18-24(16-22)40-3/h4-10,15-18,20,31H,11-14,19H2,1-3H3,(H,32,38)(H,33,34)(H,35,36). The van der Waals surface area contributed by atoms with E-state index in [2.05, 4.69) is 25.6 Å². The fourth-order valence-electron chi connectivity index (χ4n) is 4.70. The molecule has 0 saturated carbocycles. The monoisotopic (exact) mass is 573 g/mol. The van der Waals surface area contributed by atoms with Crippen molar-refractivity contribution < 1.29 is 14.3 Å². The number of hydrogen-bond acceptors (Lipinski definition) is 10. The first kappa shape index (κ1) is 28.5. The van der Waals surface area contributed by atoms with Crippen LogP contribution in [-0.4, -0.2) is 67.7 Å². The minimum atomic E-state index is -0.0105. The summed E-state index contributed by atoms with van der Waals surface area (Å²) in [6, 6.07) is 21.5. The van der Waals surface area contributed by atoms with E-state index >= 15 is 0 Å². The van der Waals surface area contributed by atoms with Crippen LogP contribution in [0.1, 0.15) is 12.8 Å². The van der Waals surface area contributed by atoms with Crippen molar-refractivity contribution in [2.75, 3.05) is 56.3 Å². The second-order valence-electron chi connectivity index (χ2n) is 9.76. The maximum Gasteiger partial charge on any atom is 0.238 e. The van der Waals surface area contributed by atoms with Crippen molar-refractivity contribution in [3.63, 3.8) is 0 Å². The molecule has 214 valence electrons. The normalized spacial score (nSPS) is 14.0. The Morgan fingerprint density at radius 3 is 2.24 bits per heavy atom. The number of fused-ring (bicyclic) bond motifs is 1. The summed E-state index contributed by atoms with van der Waals surface area (Å²) in [4.78, 5) is 25.5. The zero-order chi connectivity index (χ0) is 28.6. The molecule has 1 amide bonds. The Morgan fingerprint density at radius 1 is 0.902 bits per heavy atom. The number of carbonyl (C=O) groups excluding carboxylic acids is 1. The average Bonchev–Trinajstić information content (AvgIpc) is 3.00. The first-order valence-corrected chi connectivity index (χ1v) is 14.3. The molecule has 10 nitrogen and oxygen atoms in total. The lowest BCUT2D eigenvalue weighted by molar-refractivity contribution is -0.117. The second-order valence-corrected chi connectivity index (χ2v) is 10.6. The smallest absolute Gasteiger partial charge is 0.238 e. The van der Waals surface area contributed by atoms with Crippen LogP contribution in [0.5, 0.6) is 11.5 Å². The molecule has 4 N–H and O–H groups in total. The van der Waals surface area contributed by atoms with Gasteiger partial charge in [0.05, 0.1) is 31.8 Å². The van der Waals surface area contributed by atoms with Gasteiger partial charge in [0.15, 0.2) is 11.6 Å². The molecule has 0 spiro atoms. The third-order valence-electron chi connectivity index (χ3n) is 6.93. The number of nitrogens with zero attached hydrogens (tertiary/aromatic N) is 3. The van der Waals surface area contributed by atoms with E-state index in [0.29, 0.717) is 35.7 Å². The number of hydrogen-bond donors (Lipinski definition) is 4. The van der Waals surface area contributed by atoms with Gasteiger partial charge in [-0.25, -0.2) is 9.97 Å². The maximum atomic E-state index is 12.7. The van der Waals surface area contributed by atoms with Crippen LogP contribution in [0.25, 0.3) is 11.0 Å². The highest BCUT2D eigenvalue weighted by Gasteiger charge is 2.19. The molecule has 11 heteroatoms. The molecule has 4 aromatic rings. The SMILES string of the molecule is CNC1CCN(CC(=O)Nc2cccc(SNc3nc4ccccc4nc3Nc3cc(OC)cc(OC)c3)c2)CC1. The Kier molecular flexibility index (Phi) is 9.40. The molecule has 0 radical (unpaired) electrons. The average molecular weight is 574 g/mol. The summed E-state index contributed by atoms with van der Waals surface area (Å²) in [7, 11) is 5.22. The molecule has 0 bridgehead atoms. The van der Waals surface area contributed by atoms with Gasteiger partial charge < -0.3 is 30.1 Å².